The van der Waals surface area contributed by atoms with Crippen LogP contribution in [0.15, 0.2) is 36.5 Å². The van der Waals surface area contributed by atoms with Gasteiger partial charge in [0.25, 0.3) is 0 Å². The van der Waals surface area contributed by atoms with Gasteiger partial charge in [-0.1, -0.05) is 44.2 Å². The second-order valence-corrected chi connectivity index (χ2v) is 7.05. The number of imidazole rings is 1. The molecule has 0 aliphatic carbocycles. The number of nitrogens with zero attached hydrogens (tertiary/aromatic N) is 2. The van der Waals surface area contributed by atoms with E-state index >= 15 is 0 Å². The average Bonchev–Trinajstić information content (AvgIpc) is 3.07. The van der Waals surface area contributed by atoms with Crippen molar-refractivity contribution < 1.29 is 19.8 Å². The highest BCUT2D eigenvalue weighted by molar-refractivity contribution is 5.79. The fourth-order valence-electron chi connectivity index (χ4n) is 3.00. The predicted octanol–water partition coefficient (Wildman–Crippen LogP) is 3.22. The predicted molar refractivity (Wildman–Crippen MR) is 102 cm³/mol. The summed E-state index contributed by atoms with van der Waals surface area (Å²) in [7, 11) is 0. The number of benzene rings is 1. The Kier molecular flexibility index (Phi) is 7.40. The molecule has 3 N–H and O–H groups in total. The molecule has 0 bridgehead atoms. The SMILES string of the molecule is CC(C)CC(C(=O)O)N(CCc1cnc(CCc2ccccc2)[nH]1)C(=O)O. The summed E-state index contributed by atoms with van der Waals surface area (Å²) >= 11 is 0. The third kappa shape index (κ3) is 6.44. The fourth-order valence-corrected chi connectivity index (χ4v) is 3.00. The smallest absolute Gasteiger partial charge is 0.408 e. The van der Waals surface area contributed by atoms with Gasteiger partial charge < -0.3 is 15.2 Å². The van der Waals surface area contributed by atoms with E-state index in [0.717, 1.165) is 29.3 Å². The molecule has 0 radical (unpaired) electrons. The zero-order chi connectivity index (χ0) is 19.8. The standard InChI is InChI=1S/C20H27N3O4/c1-14(2)12-17(19(24)25)23(20(26)27)11-10-16-13-21-18(22-16)9-8-15-6-4-3-5-7-15/h3-7,13-14,17H,8-12H2,1-2H3,(H,21,22)(H,24,25)(H,26,27). The van der Waals surface area contributed by atoms with Crippen molar-refractivity contribution in [3.63, 3.8) is 0 Å². The second kappa shape index (κ2) is 9.75. The molecule has 1 aromatic heterocycles. The zero-order valence-electron chi connectivity index (χ0n) is 15.8. The van der Waals surface area contributed by atoms with E-state index in [1.165, 1.54) is 5.56 Å². The molecule has 0 fully saturated rings. The first-order valence-corrected chi connectivity index (χ1v) is 9.16. The van der Waals surface area contributed by atoms with Crippen molar-refractivity contribution in [1.29, 1.82) is 0 Å². The Morgan fingerprint density at radius 2 is 1.81 bits per heavy atom. The lowest BCUT2D eigenvalue weighted by Crippen LogP contribution is -2.46. The highest BCUT2D eigenvalue weighted by Gasteiger charge is 2.30. The van der Waals surface area contributed by atoms with Crippen molar-refractivity contribution in [2.45, 2.75) is 45.6 Å². The molecule has 1 heterocycles. The maximum absolute atomic E-state index is 11.5. The van der Waals surface area contributed by atoms with Crippen LogP contribution in [0.2, 0.25) is 0 Å². The normalized spacial score (nSPS) is 12.1. The van der Waals surface area contributed by atoms with E-state index in [2.05, 4.69) is 22.1 Å². The first kappa shape index (κ1) is 20.5. The Bertz CT molecular complexity index is 743. The van der Waals surface area contributed by atoms with E-state index in [-0.39, 0.29) is 18.9 Å². The van der Waals surface area contributed by atoms with Crippen LogP contribution in [0.1, 0.15) is 37.4 Å². The summed E-state index contributed by atoms with van der Waals surface area (Å²) in [5, 5.41) is 18.8. The molecule has 1 amide bonds. The van der Waals surface area contributed by atoms with Gasteiger partial charge >= 0.3 is 12.1 Å². The third-order valence-electron chi connectivity index (χ3n) is 4.40. The van der Waals surface area contributed by atoms with E-state index in [4.69, 9.17) is 0 Å². The summed E-state index contributed by atoms with van der Waals surface area (Å²) in [6.45, 7) is 3.87. The molecule has 0 saturated heterocycles. The van der Waals surface area contributed by atoms with E-state index in [0.29, 0.717) is 6.42 Å². The number of rotatable bonds is 10. The van der Waals surface area contributed by atoms with Crippen molar-refractivity contribution in [3.05, 3.63) is 53.6 Å². The molecule has 0 spiro atoms. The topological polar surface area (TPSA) is 107 Å². The van der Waals surface area contributed by atoms with Gasteiger partial charge in [0.1, 0.15) is 11.9 Å². The van der Waals surface area contributed by atoms with Gasteiger partial charge in [0.2, 0.25) is 0 Å². The number of aliphatic carboxylic acids is 1. The van der Waals surface area contributed by atoms with Gasteiger partial charge in [0.15, 0.2) is 0 Å². The molecule has 7 nitrogen and oxygen atoms in total. The number of carboxylic acids is 1. The van der Waals surface area contributed by atoms with Crippen LogP contribution in [0, 0.1) is 5.92 Å². The van der Waals surface area contributed by atoms with Crippen LogP contribution in [0.25, 0.3) is 0 Å². The molecule has 1 atom stereocenters. The van der Waals surface area contributed by atoms with Gasteiger partial charge in [-0.3, -0.25) is 4.90 Å². The number of nitrogens with one attached hydrogen (secondary N) is 1. The van der Waals surface area contributed by atoms with Crippen LogP contribution in [-0.2, 0) is 24.1 Å². The summed E-state index contributed by atoms with van der Waals surface area (Å²) < 4.78 is 0. The molecule has 2 aromatic rings. The van der Waals surface area contributed by atoms with Crippen molar-refractivity contribution in [2.75, 3.05) is 6.54 Å². The molecule has 1 unspecified atom stereocenters. The number of H-pyrrole nitrogens is 1. The van der Waals surface area contributed by atoms with Crippen LogP contribution in [-0.4, -0.2) is 49.7 Å². The van der Waals surface area contributed by atoms with Gasteiger partial charge in [-0.2, -0.15) is 0 Å². The van der Waals surface area contributed by atoms with Gasteiger partial charge in [0, 0.05) is 31.3 Å². The zero-order valence-corrected chi connectivity index (χ0v) is 15.8. The number of aryl methyl sites for hydroxylation is 2. The van der Waals surface area contributed by atoms with Crippen LogP contribution in [0.5, 0.6) is 0 Å². The minimum atomic E-state index is -1.22. The largest absolute Gasteiger partial charge is 0.480 e. The van der Waals surface area contributed by atoms with Crippen molar-refractivity contribution in [2.24, 2.45) is 5.92 Å². The van der Waals surface area contributed by atoms with Gasteiger partial charge in [-0.15, -0.1) is 0 Å². The Morgan fingerprint density at radius 1 is 1.11 bits per heavy atom. The summed E-state index contributed by atoms with van der Waals surface area (Å²) in [5.74, 6) is -0.184. The Balaban J connectivity index is 1.94. The van der Waals surface area contributed by atoms with Gasteiger partial charge in [-0.05, 0) is 24.3 Å². The number of amides is 1. The maximum Gasteiger partial charge on any atom is 0.408 e. The lowest BCUT2D eigenvalue weighted by atomic mass is 10.0. The van der Waals surface area contributed by atoms with E-state index < -0.39 is 18.1 Å². The van der Waals surface area contributed by atoms with E-state index in [1.54, 1.807) is 6.20 Å². The third-order valence-corrected chi connectivity index (χ3v) is 4.40. The number of carbonyl (C=O) groups is 2. The monoisotopic (exact) mass is 373 g/mol. The minimum Gasteiger partial charge on any atom is -0.480 e. The molecular weight excluding hydrogens is 346 g/mol. The van der Waals surface area contributed by atoms with Crippen molar-refractivity contribution >= 4 is 12.1 Å². The fraction of sp³-hybridized carbons (Fsp3) is 0.450. The highest BCUT2D eigenvalue weighted by Crippen LogP contribution is 2.14. The number of carboxylic acid groups (broad SMARTS) is 2. The summed E-state index contributed by atoms with van der Waals surface area (Å²) in [6.07, 6.45) is 2.78. The van der Waals surface area contributed by atoms with Gasteiger partial charge in [0.05, 0.1) is 0 Å². The first-order valence-electron chi connectivity index (χ1n) is 9.16. The molecule has 7 heteroatoms. The number of aromatic amines is 1. The van der Waals surface area contributed by atoms with Crippen LogP contribution < -0.4 is 0 Å². The van der Waals surface area contributed by atoms with Crippen LogP contribution in [0.3, 0.4) is 0 Å². The molecule has 0 aliphatic heterocycles. The Morgan fingerprint density at radius 3 is 2.41 bits per heavy atom. The van der Waals surface area contributed by atoms with Crippen LogP contribution >= 0.6 is 0 Å². The summed E-state index contributed by atoms with van der Waals surface area (Å²) in [6, 6.07) is 9.07. The molecule has 27 heavy (non-hydrogen) atoms. The average molecular weight is 373 g/mol. The Labute approximate surface area is 159 Å². The summed E-state index contributed by atoms with van der Waals surface area (Å²) in [5.41, 5.74) is 2.03. The second-order valence-electron chi connectivity index (χ2n) is 7.05. The first-order chi connectivity index (χ1) is 12.9. The Hall–Kier alpha value is -2.83. The molecule has 1 aromatic carbocycles. The molecule has 0 saturated carbocycles. The summed E-state index contributed by atoms with van der Waals surface area (Å²) in [4.78, 5) is 31.6. The molecule has 0 aliphatic rings. The quantitative estimate of drug-likeness (QED) is 0.593. The number of aromatic nitrogens is 2. The van der Waals surface area contributed by atoms with Crippen LogP contribution in [0.4, 0.5) is 4.79 Å². The minimum absolute atomic E-state index is 0.0877. The number of hydrogen-bond donors (Lipinski definition) is 3. The lowest BCUT2D eigenvalue weighted by Gasteiger charge is -2.27. The molecular formula is C20H27N3O4. The lowest BCUT2D eigenvalue weighted by molar-refractivity contribution is -0.143. The van der Waals surface area contributed by atoms with E-state index in [9.17, 15) is 19.8 Å². The highest BCUT2D eigenvalue weighted by atomic mass is 16.4. The van der Waals surface area contributed by atoms with Crippen molar-refractivity contribution in [3.8, 4) is 0 Å². The van der Waals surface area contributed by atoms with E-state index in [1.807, 2.05) is 32.0 Å². The molecule has 2 rings (SSSR count). The van der Waals surface area contributed by atoms with Crippen molar-refractivity contribution in [1.82, 2.24) is 14.9 Å². The maximum atomic E-state index is 11.5. The number of hydrogen-bond acceptors (Lipinski definition) is 3. The molecule has 146 valence electrons. The van der Waals surface area contributed by atoms with Gasteiger partial charge in [-0.25, -0.2) is 14.6 Å².